The van der Waals surface area contributed by atoms with Gasteiger partial charge in [0.25, 0.3) is 0 Å². The second kappa shape index (κ2) is 7.14. The molecule has 0 spiro atoms. The Balaban J connectivity index is 2.07. The van der Waals surface area contributed by atoms with Crippen LogP contribution < -0.4 is 0 Å². The minimum Gasteiger partial charge on any atom is -0.384 e. The number of aliphatic hydroxyl groups excluding tert-OH is 1. The van der Waals surface area contributed by atoms with Crippen molar-refractivity contribution in [2.24, 2.45) is 0 Å². The molecule has 0 aliphatic rings. The number of hydrogen-bond acceptors (Lipinski definition) is 2. The maximum absolute atomic E-state index is 11.2. The fourth-order valence-electron chi connectivity index (χ4n) is 2.56. The molecule has 0 fully saturated rings. The van der Waals surface area contributed by atoms with Crippen LogP contribution >= 0.6 is 0 Å². The molecule has 2 N–H and O–H groups in total. The van der Waals surface area contributed by atoms with Crippen molar-refractivity contribution in [2.75, 3.05) is 0 Å². The molecule has 24 heavy (non-hydrogen) atoms. The van der Waals surface area contributed by atoms with Crippen LogP contribution in [0.4, 0.5) is 0 Å². The van der Waals surface area contributed by atoms with Crippen molar-refractivity contribution in [1.82, 2.24) is 0 Å². The topological polar surface area (TPSA) is 40.5 Å². The highest BCUT2D eigenvalue weighted by molar-refractivity contribution is 5.42. The molecule has 0 aliphatic heterocycles. The van der Waals surface area contributed by atoms with E-state index in [-0.39, 0.29) is 0 Å². The van der Waals surface area contributed by atoms with E-state index in [9.17, 15) is 10.2 Å². The number of hydrogen-bond donors (Lipinski definition) is 2. The fourth-order valence-corrected chi connectivity index (χ4v) is 2.56. The molecule has 2 nitrogen and oxygen atoms in total. The van der Waals surface area contributed by atoms with E-state index in [2.05, 4.69) is 11.8 Å². The lowest BCUT2D eigenvalue weighted by atomic mass is 9.84. The van der Waals surface area contributed by atoms with Crippen LogP contribution in [0.25, 0.3) is 0 Å². The van der Waals surface area contributed by atoms with Crippen LogP contribution in [0, 0.1) is 11.8 Å². The Morgan fingerprint density at radius 2 is 1.21 bits per heavy atom. The van der Waals surface area contributed by atoms with Crippen molar-refractivity contribution in [1.29, 1.82) is 0 Å². The number of aliphatic hydroxyl groups is 2. The van der Waals surface area contributed by atoms with Crippen molar-refractivity contribution in [2.45, 2.75) is 11.7 Å². The van der Waals surface area contributed by atoms with Gasteiger partial charge in [-0.3, -0.25) is 0 Å². The molecule has 0 saturated heterocycles. The van der Waals surface area contributed by atoms with Gasteiger partial charge in [-0.15, -0.1) is 0 Å². The summed E-state index contributed by atoms with van der Waals surface area (Å²) >= 11 is 0. The third-order valence-corrected chi connectivity index (χ3v) is 3.90. The fraction of sp³-hybridized carbons (Fsp3) is 0.0909. The highest BCUT2D eigenvalue weighted by Crippen LogP contribution is 2.34. The van der Waals surface area contributed by atoms with E-state index in [0.717, 1.165) is 5.56 Å². The Hall–Kier alpha value is -2.86. The average Bonchev–Trinajstić information content (AvgIpc) is 2.68. The third kappa shape index (κ3) is 3.38. The van der Waals surface area contributed by atoms with E-state index in [1.54, 1.807) is 24.3 Å². The molecule has 3 rings (SSSR count). The largest absolute Gasteiger partial charge is 0.384 e. The summed E-state index contributed by atoms with van der Waals surface area (Å²) in [6.45, 7) is 0. The zero-order chi connectivity index (χ0) is 16.8. The Bertz CT molecular complexity index is 833. The van der Waals surface area contributed by atoms with Gasteiger partial charge in [0.05, 0.1) is 0 Å². The van der Waals surface area contributed by atoms with Gasteiger partial charge in [-0.1, -0.05) is 90.7 Å². The Morgan fingerprint density at radius 3 is 1.79 bits per heavy atom. The van der Waals surface area contributed by atoms with Gasteiger partial charge >= 0.3 is 0 Å². The third-order valence-electron chi connectivity index (χ3n) is 3.90. The smallest absolute Gasteiger partial charge is 0.181 e. The average molecular weight is 314 g/mol. The van der Waals surface area contributed by atoms with Crippen molar-refractivity contribution < 1.29 is 10.2 Å². The van der Waals surface area contributed by atoms with Gasteiger partial charge in [0.2, 0.25) is 0 Å². The van der Waals surface area contributed by atoms with Gasteiger partial charge in [0, 0.05) is 5.56 Å². The molecule has 0 aromatic heterocycles. The lowest BCUT2D eigenvalue weighted by Crippen LogP contribution is -2.32. The molecule has 0 unspecified atom stereocenters. The second-order valence-electron chi connectivity index (χ2n) is 5.56. The molecular weight excluding hydrogens is 296 g/mol. The van der Waals surface area contributed by atoms with Gasteiger partial charge in [0.15, 0.2) is 5.60 Å². The summed E-state index contributed by atoms with van der Waals surface area (Å²) in [7, 11) is 0. The molecule has 118 valence electrons. The van der Waals surface area contributed by atoms with E-state index >= 15 is 0 Å². The molecule has 0 radical (unpaired) electrons. The molecule has 0 aliphatic carbocycles. The van der Waals surface area contributed by atoms with E-state index in [1.165, 1.54) is 0 Å². The van der Waals surface area contributed by atoms with Gasteiger partial charge < -0.3 is 10.2 Å². The molecule has 0 amide bonds. The normalized spacial score (nSPS) is 14.1. The van der Waals surface area contributed by atoms with Crippen LogP contribution in [0.5, 0.6) is 0 Å². The van der Waals surface area contributed by atoms with Crippen molar-refractivity contribution in [3.8, 4) is 11.8 Å². The molecular formula is C22H18O2. The molecule has 2 heteroatoms. The van der Waals surface area contributed by atoms with Crippen LogP contribution in [0.2, 0.25) is 0 Å². The van der Waals surface area contributed by atoms with Gasteiger partial charge in [-0.25, -0.2) is 0 Å². The Labute approximate surface area is 142 Å². The van der Waals surface area contributed by atoms with Crippen LogP contribution in [0.3, 0.4) is 0 Å². The molecule has 0 heterocycles. The van der Waals surface area contributed by atoms with Crippen molar-refractivity contribution in [3.63, 3.8) is 0 Å². The van der Waals surface area contributed by atoms with Gasteiger partial charge in [-0.05, 0) is 23.3 Å². The van der Waals surface area contributed by atoms with E-state index in [4.69, 9.17) is 0 Å². The Morgan fingerprint density at radius 1 is 0.708 bits per heavy atom. The van der Waals surface area contributed by atoms with Crippen LogP contribution in [-0.4, -0.2) is 10.2 Å². The van der Waals surface area contributed by atoms with Gasteiger partial charge in [0.1, 0.15) is 6.10 Å². The molecule has 2 atom stereocenters. The van der Waals surface area contributed by atoms with Gasteiger partial charge in [-0.2, -0.15) is 0 Å². The summed E-state index contributed by atoms with van der Waals surface area (Å²) in [6.07, 6.45) is -1.16. The second-order valence-corrected chi connectivity index (χ2v) is 5.56. The Kier molecular flexibility index (Phi) is 4.77. The summed E-state index contributed by atoms with van der Waals surface area (Å²) in [5.41, 5.74) is 0.265. The van der Waals surface area contributed by atoms with Crippen LogP contribution in [-0.2, 0) is 5.60 Å². The van der Waals surface area contributed by atoms with E-state index in [0.29, 0.717) is 11.1 Å². The lowest BCUT2D eigenvalue weighted by Gasteiger charge is -2.29. The summed E-state index contributed by atoms with van der Waals surface area (Å²) in [4.78, 5) is 0. The number of benzene rings is 3. The first-order valence-electron chi connectivity index (χ1n) is 7.79. The molecule has 0 saturated carbocycles. The first-order chi connectivity index (χ1) is 11.7. The minimum atomic E-state index is -1.70. The molecule has 3 aromatic carbocycles. The maximum atomic E-state index is 11.2. The summed E-state index contributed by atoms with van der Waals surface area (Å²) in [5, 5.41) is 22.1. The van der Waals surface area contributed by atoms with Crippen LogP contribution in [0.15, 0.2) is 91.0 Å². The minimum absolute atomic E-state index is 0.560. The maximum Gasteiger partial charge on any atom is 0.181 e. The van der Waals surface area contributed by atoms with Crippen molar-refractivity contribution in [3.05, 3.63) is 108 Å². The summed E-state index contributed by atoms with van der Waals surface area (Å²) < 4.78 is 0. The van der Waals surface area contributed by atoms with Crippen LogP contribution in [0.1, 0.15) is 22.8 Å². The summed E-state index contributed by atoms with van der Waals surface area (Å²) in [6, 6.07) is 27.6. The summed E-state index contributed by atoms with van der Waals surface area (Å²) in [5.74, 6) is 5.86. The lowest BCUT2D eigenvalue weighted by molar-refractivity contribution is -0.0383. The first-order valence-corrected chi connectivity index (χ1v) is 7.79. The first kappa shape index (κ1) is 16.0. The molecule has 3 aromatic rings. The number of rotatable bonds is 3. The monoisotopic (exact) mass is 314 g/mol. The zero-order valence-corrected chi connectivity index (χ0v) is 13.1. The zero-order valence-electron chi connectivity index (χ0n) is 13.1. The van der Waals surface area contributed by atoms with Crippen molar-refractivity contribution >= 4 is 0 Å². The predicted molar refractivity (Wildman–Crippen MR) is 95.1 cm³/mol. The highest BCUT2D eigenvalue weighted by atomic mass is 16.3. The predicted octanol–water partition coefficient (Wildman–Crippen LogP) is 3.66. The SMILES string of the molecule is O[C@H](c1ccccc1)[C@@](O)(C#Cc1ccccc1)c1ccccc1. The standard InChI is InChI=1S/C22H18O2/c23-21(19-12-6-2-7-13-19)22(24,20-14-8-3-9-15-20)17-16-18-10-4-1-5-11-18/h1-15,21,23-24H/t21-,22-/m1/s1. The van der Waals surface area contributed by atoms with E-state index in [1.807, 2.05) is 66.7 Å². The van der Waals surface area contributed by atoms with E-state index < -0.39 is 11.7 Å². The quantitative estimate of drug-likeness (QED) is 0.724. The highest BCUT2D eigenvalue weighted by Gasteiger charge is 2.36. The molecule has 0 bridgehead atoms.